The normalized spacial score (nSPS) is 14.1. The number of hydrogen-bond acceptors (Lipinski definition) is 5. The van der Waals surface area contributed by atoms with Crippen LogP contribution in [-0.4, -0.2) is 68.3 Å². The average molecular weight is 367 g/mol. The molecule has 0 fully saturated rings. The van der Waals surface area contributed by atoms with Gasteiger partial charge in [-0.3, -0.25) is 19.3 Å². The first kappa shape index (κ1) is 19.1. The first-order valence-electron chi connectivity index (χ1n) is 7.85. The molecule has 0 unspecified atom stereocenters. The topological polar surface area (TPSA) is 104 Å². The summed E-state index contributed by atoms with van der Waals surface area (Å²) in [6, 6.07) is 6.56. The minimum absolute atomic E-state index is 0.00733. The summed E-state index contributed by atoms with van der Waals surface area (Å²) in [4.78, 5) is 37.2. The molecule has 0 saturated heterocycles. The number of hydrogen-bond donors (Lipinski definition) is 1. The molecular formula is C16H21N3O5S. The number of sulfonamides is 1. The molecule has 25 heavy (non-hydrogen) atoms. The summed E-state index contributed by atoms with van der Waals surface area (Å²) in [6.45, 7) is 0.639. The summed E-state index contributed by atoms with van der Waals surface area (Å²) in [5.41, 5.74) is 0.716. The Labute approximate surface area is 146 Å². The van der Waals surface area contributed by atoms with Crippen molar-refractivity contribution in [3.05, 3.63) is 35.4 Å². The number of carbonyl (C=O) groups excluding carboxylic acids is 3. The monoisotopic (exact) mass is 367 g/mol. The highest BCUT2D eigenvalue weighted by Gasteiger charge is 2.34. The SMILES string of the molecule is CN(CCCNC(=O)CCN1C(=O)c2ccccc2C1=O)S(C)(=O)=O. The number of amides is 3. The molecule has 0 saturated carbocycles. The van der Waals surface area contributed by atoms with Crippen LogP contribution in [0.5, 0.6) is 0 Å². The lowest BCUT2D eigenvalue weighted by molar-refractivity contribution is -0.121. The van der Waals surface area contributed by atoms with Gasteiger partial charge in [0.1, 0.15) is 0 Å². The summed E-state index contributed by atoms with van der Waals surface area (Å²) in [5, 5.41) is 2.65. The molecule has 1 aromatic carbocycles. The fourth-order valence-electron chi connectivity index (χ4n) is 2.44. The zero-order valence-corrected chi connectivity index (χ0v) is 15.0. The largest absolute Gasteiger partial charge is 0.356 e. The van der Waals surface area contributed by atoms with Gasteiger partial charge >= 0.3 is 0 Å². The number of nitrogens with one attached hydrogen (secondary N) is 1. The Kier molecular flexibility index (Phi) is 5.91. The quantitative estimate of drug-likeness (QED) is 0.517. The highest BCUT2D eigenvalue weighted by Crippen LogP contribution is 2.22. The van der Waals surface area contributed by atoms with Crippen molar-refractivity contribution < 1.29 is 22.8 Å². The van der Waals surface area contributed by atoms with Crippen LogP contribution in [-0.2, 0) is 14.8 Å². The van der Waals surface area contributed by atoms with Gasteiger partial charge in [0.2, 0.25) is 15.9 Å². The van der Waals surface area contributed by atoms with Gasteiger partial charge in [-0.15, -0.1) is 0 Å². The smallest absolute Gasteiger partial charge is 0.261 e. The van der Waals surface area contributed by atoms with Gasteiger partial charge in [-0.25, -0.2) is 12.7 Å². The van der Waals surface area contributed by atoms with E-state index in [4.69, 9.17) is 0 Å². The number of nitrogens with zero attached hydrogens (tertiary/aromatic N) is 2. The molecule has 0 radical (unpaired) electrons. The molecule has 1 N–H and O–H groups in total. The maximum absolute atomic E-state index is 12.2. The Morgan fingerprint density at radius 3 is 2.24 bits per heavy atom. The summed E-state index contributed by atoms with van der Waals surface area (Å²) in [6.07, 6.45) is 1.60. The Bertz CT molecular complexity index is 756. The van der Waals surface area contributed by atoms with E-state index >= 15 is 0 Å². The predicted molar refractivity (Wildman–Crippen MR) is 91.5 cm³/mol. The molecule has 0 aliphatic carbocycles. The fourth-order valence-corrected chi connectivity index (χ4v) is 2.90. The van der Waals surface area contributed by atoms with E-state index in [1.54, 1.807) is 24.3 Å². The van der Waals surface area contributed by atoms with Gasteiger partial charge in [-0.1, -0.05) is 12.1 Å². The minimum atomic E-state index is -3.22. The van der Waals surface area contributed by atoms with Crippen molar-refractivity contribution in [1.82, 2.24) is 14.5 Å². The molecule has 3 amide bonds. The van der Waals surface area contributed by atoms with E-state index in [1.165, 1.54) is 11.4 Å². The lowest BCUT2D eigenvalue weighted by Gasteiger charge is -2.15. The summed E-state index contributed by atoms with van der Waals surface area (Å²) in [7, 11) is -1.75. The van der Waals surface area contributed by atoms with E-state index in [2.05, 4.69) is 5.32 Å². The average Bonchev–Trinajstić information content (AvgIpc) is 2.80. The number of fused-ring (bicyclic) bond motifs is 1. The molecule has 0 aromatic heterocycles. The molecule has 0 atom stereocenters. The Morgan fingerprint density at radius 2 is 1.72 bits per heavy atom. The summed E-state index contributed by atoms with van der Waals surface area (Å²) in [5.74, 6) is -1.06. The van der Waals surface area contributed by atoms with Crippen LogP contribution < -0.4 is 5.32 Å². The van der Waals surface area contributed by atoms with Gasteiger partial charge in [0, 0.05) is 33.1 Å². The molecule has 0 spiro atoms. The standard InChI is InChI=1S/C16H21N3O5S/c1-18(25(2,23)24)10-5-9-17-14(20)8-11-19-15(21)12-6-3-4-7-13(12)16(19)22/h3-4,6-7H,5,8-11H2,1-2H3,(H,17,20). The Hall–Kier alpha value is -2.26. The second-order valence-electron chi connectivity index (χ2n) is 5.85. The molecule has 8 nitrogen and oxygen atoms in total. The summed E-state index contributed by atoms with van der Waals surface area (Å²) < 4.78 is 23.7. The molecule has 9 heteroatoms. The van der Waals surface area contributed by atoms with Gasteiger partial charge < -0.3 is 5.32 Å². The van der Waals surface area contributed by atoms with Crippen LogP contribution in [0.3, 0.4) is 0 Å². The van der Waals surface area contributed by atoms with E-state index in [0.29, 0.717) is 30.6 Å². The van der Waals surface area contributed by atoms with Crippen molar-refractivity contribution in [2.45, 2.75) is 12.8 Å². The highest BCUT2D eigenvalue weighted by atomic mass is 32.2. The third-order valence-electron chi connectivity index (χ3n) is 3.98. The van der Waals surface area contributed by atoms with E-state index < -0.39 is 10.0 Å². The lowest BCUT2D eigenvalue weighted by atomic mass is 10.1. The first-order chi connectivity index (χ1) is 11.7. The fraction of sp³-hybridized carbons (Fsp3) is 0.438. The van der Waals surface area contributed by atoms with Crippen molar-refractivity contribution in [1.29, 1.82) is 0 Å². The van der Waals surface area contributed by atoms with Gasteiger partial charge in [0.25, 0.3) is 11.8 Å². The van der Waals surface area contributed by atoms with Crippen molar-refractivity contribution >= 4 is 27.7 Å². The van der Waals surface area contributed by atoms with Crippen LogP contribution in [0, 0.1) is 0 Å². The maximum Gasteiger partial charge on any atom is 0.261 e. The van der Waals surface area contributed by atoms with Crippen molar-refractivity contribution in [2.75, 3.05) is 32.9 Å². The summed E-state index contributed by atoms with van der Waals surface area (Å²) >= 11 is 0. The zero-order valence-electron chi connectivity index (χ0n) is 14.2. The second kappa shape index (κ2) is 7.75. The number of imide groups is 1. The van der Waals surface area contributed by atoms with Crippen LogP contribution in [0.15, 0.2) is 24.3 Å². The first-order valence-corrected chi connectivity index (χ1v) is 9.70. The van der Waals surface area contributed by atoms with E-state index in [1.807, 2.05) is 0 Å². The Morgan fingerprint density at radius 1 is 1.16 bits per heavy atom. The molecule has 1 heterocycles. The van der Waals surface area contributed by atoms with Crippen molar-refractivity contribution in [3.63, 3.8) is 0 Å². The van der Waals surface area contributed by atoms with E-state index in [9.17, 15) is 22.8 Å². The molecule has 136 valence electrons. The van der Waals surface area contributed by atoms with Gasteiger partial charge in [0.05, 0.1) is 17.4 Å². The molecule has 1 aliphatic heterocycles. The van der Waals surface area contributed by atoms with Crippen molar-refractivity contribution in [2.24, 2.45) is 0 Å². The molecule has 0 bridgehead atoms. The molecular weight excluding hydrogens is 346 g/mol. The second-order valence-corrected chi connectivity index (χ2v) is 7.93. The number of rotatable bonds is 8. The number of carbonyl (C=O) groups is 3. The molecule has 1 aliphatic rings. The van der Waals surface area contributed by atoms with Crippen LogP contribution in [0.2, 0.25) is 0 Å². The maximum atomic E-state index is 12.2. The zero-order chi connectivity index (χ0) is 18.6. The predicted octanol–water partition coefficient (Wildman–Crippen LogP) is 0.0704. The van der Waals surface area contributed by atoms with Crippen LogP contribution in [0.1, 0.15) is 33.6 Å². The third-order valence-corrected chi connectivity index (χ3v) is 5.29. The van der Waals surface area contributed by atoms with Crippen LogP contribution in [0.25, 0.3) is 0 Å². The van der Waals surface area contributed by atoms with Crippen LogP contribution >= 0.6 is 0 Å². The minimum Gasteiger partial charge on any atom is -0.356 e. The molecule has 2 rings (SSSR count). The third kappa shape index (κ3) is 4.64. The number of benzene rings is 1. The van der Waals surface area contributed by atoms with Crippen LogP contribution in [0.4, 0.5) is 0 Å². The van der Waals surface area contributed by atoms with E-state index in [-0.39, 0.29) is 30.7 Å². The van der Waals surface area contributed by atoms with Gasteiger partial charge in [-0.2, -0.15) is 0 Å². The Balaban J connectivity index is 1.74. The molecule has 1 aromatic rings. The highest BCUT2D eigenvalue weighted by molar-refractivity contribution is 7.88. The van der Waals surface area contributed by atoms with Gasteiger partial charge in [-0.05, 0) is 18.6 Å². The lowest BCUT2D eigenvalue weighted by Crippen LogP contribution is -2.35. The van der Waals surface area contributed by atoms with Crippen molar-refractivity contribution in [3.8, 4) is 0 Å². The van der Waals surface area contributed by atoms with E-state index in [0.717, 1.165) is 11.2 Å². The van der Waals surface area contributed by atoms with Gasteiger partial charge in [0.15, 0.2) is 0 Å².